The molecular weight excluding hydrogens is 196 g/mol. The summed E-state index contributed by atoms with van der Waals surface area (Å²) in [6.45, 7) is 4.90. The van der Waals surface area contributed by atoms with Crippen molar-refractivity contribution in [2.45, 2.75) is 20.8 Å². The van der Waals surface area contributed by atoms with Crippen LogP contribution in [0.15, 0.2) is 33.2 Å². The number of rotatable bonds is 2. The summed E-state index contributed by atoms with van der Waals surface area (Å²) in [6.07, 6.45) is 2.87. The zero-order valence-corrected chi connectivity index (χ0v) is 8.87. The minimum absolute atomic E-state index is 0.0521. The number of carbonyl (C=O) groups excluding carboxylic acids is 1. The van der Waals surface area contributed by atoms with Gasteiger partial charge in [0.25, 0.3) is 0 Å². The van der Waals surface area contributed by atoms with E-state index in [1.54, 1.807) is 26.8 Å². The van der Waals surface area contributed by atoms with E-state index in [1.165, 1.54) is 12.3 Å². The van der Waals surface area contributed by atoms with Crippen LogP contribution in [0.1, 0.15) is 19.6 Å². The first kappa shape index (κ1) is 11.2. The Bertz CT molecular complexity index is 454. The molecule has 0 spiro atoms. The molecule has 0 atom stereocenters. The second kappa shape index (κ2) is 4.59. The lowest BCUT2D eigenvalue weighted by Crippen LogP contribution is -2.15. The standard InChI is InChI=1S/C11H12O4/c1-4-7(2)11(13)15-10-8(3)14-6-5-9(10)12/h4-6H,1-3H3/b7-4+. The van der Waals surface area contributed by atoms with Crippen LogP contribution < -0.4 is 10.2 Å². The van der Waals surface area contributed by atoms with Gasteiger partial charge in [-0.25, -0.2) is 4.79 Å². The van der Waals surface area contributed by atoms with E-state index < -0.39 is 5.97 Å². The summed E-state index contributed by atoms with van der Waals surface area (Å²) in [6, 6.07) is 1.21. The maximum Gasteiger partial charge on any atom is 0.339 e. The van der Waals surface area contributed by atoms with E-state index in [0.717, 1.165) is 0 Å². The quantitative estimate of drug-likeness (QED) is 0.549. The van der Waals surface area contributed by atoms with E-state index >= 15 is 0 Å². The van der Waals surface area contributed by atoms with Gasteiger partial charge >= 0.3 is 5.97 Å². The molecule has 1 heterocycles. The zero-order chi connectivity index (χ0) is 11.4. The second-order valence-electron chi connectivity index (χ2n) is 3.03. The van der Waals surface area contributed by atoms with E-state index in [1.807, 2.05) is 0 Å². The number of allylic oxidation sites excluding steroid dienone is 1. The highest BCUT2D eigenvalue weighted by Crippen LogP contribution is 2.12. The normalized spacial score (nSPS) is 11.3. The van der Waals surface area contributed by atoms with Gasteiger partial charge in [-0.05, 0) is 20.8 Å². The van der Waals surface area contributed by atoms with Crippen molar-refractivity contribution in [2.24, 2.45) is 0 Å². The first-order valence-corrected chi connectivity index (χ1v) is 4.49. The van der Waals surface area contributed by atoms with Crippen molar-refractivity contribution < 1.29 is 13.9 Å². The predicted octanol–water partition coefficient (Wildman–Crippen LogP) is 1.82. The fraction of sp³-hybridized carbons (Fsp3) is 0.273. The van der Waals surface area contributed by atoms with Crippen LogP contribution in [0.5, 0.6) is 5.75 Å². The molecule has 0 radical (unpaired) electrons. The highest BCUT2D eigenvalue weighted by atomic mass is 16.5. The molecule has 0 unspecified atom stereocenters. The Morgan fingerprint density at radius 3 is 2.73 bits per heavy atom. The molecule has 1 rings (SSSR count). The van der Waals surface area contributed by atoms with Gasteiger partial charge in [0.05, 0.1) is 6.26 Å². The van der Waals surface area contributed by atoms with Gasteiger partial charge in [-0.3, -0.25) is 4.79 Å². The van der Waals surface area contributed by atoms with Gasteiger partial charge < -0.3 is 9.15 Å². The monoisotopic (exact) mass is 208 g/mol. The molecule has 0 fully saturated rings. The lowest BCUT2D eigenvalue weighted by molar-refractivity contribution is -0.130. The summed E-state index contributed by atoms with van der Waals surface area (Å²) in [4.78, 5) is 22.7. The predicted molar refractivity (Wildman–Crippen MR) is 54.8 cm³/mol. The SMILES string of the molecule is C/C=C(\C)C(=O)Oc1c(C)occc1=O. The average Bonchev–Trinajstić information content (AvgIpc) is 2.22. The minimum atomic E-state index is -0.542. The molecule has 4 nitrogen and oxygen atoms in total. The smallest absolute Gasteiger partial charge is 0.339 e. The maximum absolute atomic E-state index is 11.4. The summed E-state index contributed by atoms with van der Waals surface area (Å²) in [5, 5.41) is 0. The van der Waals surface area contributed by atoms with Crippen molar-refractivity contribution >= 4 is 5.97 Å². The molecule has 4 heteroatoms. The molecule has 80 valence electrons. The van der Waals surface area contributed by atoms with E-state index in [-0.39, 0.29) is 11.2 Å². The number of aryl methyl sites for hydroxylation is 1. The van der Waals surface area contributed by atoms with Crippen molar-refractivity contribution in [3.8, 4) is 5.75 Å². The van der Waals surface area contributed by atoms with Crippen LogP contribution in [0.2, 0.25) is 0 Å². The van der Waals surface area contributed by atoms with Crippen LogP contribution in [0.3, 0.4) is 0 Å². The van der Waals surface area contributed by atoms with Crippen molar-refractivity contribution in [3.05, 3.63) is 40.0 Å². The van der Waals surface area contributed by atoms with Crippen LogP contribution in [0.25, 0.3) is 0 Å². The fourth-order valence-corrected chi connectivity index (χ4v) is 0.914. The van der Waals surface area contributed by atoms with Crippen molar-refractivity contribution in [3.63, 3.8) is 0 Å². The van der Waals surface area contributed by atoms with Gasteiger partial charge in [0.1, 0.15) is 5.76 Å². The van der Waals surface area contributed by atoms with Gasteiger partial charge in [0.2, 0.25) is 11.2 Å². The Morgan fingerprint density at radius 1 is 1.53 bits per heavy atom. The highest BCUT2D eigenvalue weighted by molar-refractivity contribution is 5.89. The second-order valence-corrected chi connectivity index (χ2v) is 3.03. The van der Waals surface area contributed by atoms with Crippen molar-refractivity contribution in [1.29, 1.82) is 0 Å². The number of ether oxygens (including phenoxy) is 1. The van der Waals surface area contributed by atoms with Crippen molar-refractivity contribution in [2.75, 3.05) is 0 Å². The van der Waals surface area contributed by atoms with Gasteiger partial charge in [0.15, 0.2) is 0 Å². The first-order chi connectivity index (χ1) is 7.06. The molecule has 15 heavy (non-hydrogen) atoms. The van der Waals surface area contributed by atoms with E-state index in [0.29, 0.717) is 11.3 Å². The van der Waals surface area contributed by atoms with Gasteiger partial charge in [0, 0.05) is 11.6 Å². The Labute approximate surface area is 87.2 Å². The number of hydrogen-bond acceptors (Lipinski definition) is 4. The molecule has 0 aliphatic heterocycles. The number of hydrogen-bond donors (Lipinski definition) is 0. The lowest BCUT2D eigenvalue weighted by Gasteiger charge is -2.04. The molecule has 0 aromatic carbocycles. The molecular formula is C11H12O4. The molecule has 0 amide bonds. The van der Waals surface area contributed by atoms with Crippen LogP contribution in [0, 0.1) is 6.92 Å². The van der Waals surface area contributed by atoms with E-state index in [9.17, 15) is 9.59 Å². The third kappa shape index (κ3) is 2.56. The Kier molecular flexibility index (Phi) is 3.44. The minimum Gasteiger partial charge on any atom is -0.465 e. The molecule has 0 saturated carbocycles. The third-order valence-electron chi connectivity index (χ3n) is 1.96. The van der Waals surface area contributed by atoms with Crippen LogP contribution in [0.4, 0.5) is 0 Å². The fourth-order valence-electron chi connectivity index (χ4n) is 0.914. The lowest BCUT2D eigenvalue weighted by atomic mass is 10.3. The van der Waals surface area contributed by atoms with Gasteiger partial charge in [-0.2, -0.15) is 0 Å². The topological polar surface area (TPSA) is 56.5 Å². The molecule has 0 bridgehead atoms. The summed E-state index contributed by atoms with van der Waals surface area (Å²) >= 11 is 0. The number of esters is 1. The van der Waals surface area contributed by atoms with Crippen LogP contribution in [-0.4, -0.2) is 5.97 Å². The van der Waals surface area contributed by atoms with Crippen LogP contribution in [-0.2, 0) is 4.79 Å². The average molecular weight is 208 g/mol. The maximum atomic E-state index is 11.4. The Hall–Kier alpha value is -1.84. The van der Waals surface area contributed by atoms with E-state index in [4.69, 9.17) is 9.15 Å². The molecule has 0 aliphatic carbocycles. The number of carbonyl (C=O) groups is 1. The Morgan fingerprint density at radius 2 is 2.20 bits per heavy atom. The van der Waals surface area contributed by atoms with Gasteiger partial charge in [-0.15, -0.1) is 0 Å². The van der Waals surface area contributed by atoms with E-state index in [2.05, 4.69) is 0 Å². The van der Waals surface area contributed by atoms with Crippen LogP contribution >= 0.6 is 0 Å². The molecule has 1 aromatic rings. The molecule has 0 saturated heterocycles. The van der Waals surface area contributed by atoms with Crippen molar-refractivity contribution in [1.82, 2.24) is 0 Å². The molecule has 1 aromatic heterocycles. The zero-order valence-electron chi connectivity index (χ0n) is 8.87. The molecule has 0 N–H and O–H groups in total. The summed E-state index contributed by atoms with van der Waals surface area (Å²) in [7, 11) is 0. The summed E-state index contributed by atoms with van der Waals surface area (Å²) in [5.41, 5.74) is 0.0775. The first-order valence-electron chi connectivity index (χ1n) is 4.49. The summed E-state index contributed by atoms with van der Waals surface area (Å²) < 4.78 is 9.87. The summed E-state index contributed by atoms with van der Waals surface area (Å²) in [5.74, 6) is -0.303. The Balaban J connectivity index is 3.00. The largest absolute Gasteiger partial charge is 0.465 e. The highest BCUT2D eigenvalue weighted by Gasteiger charge is 2.12. The molecule has 0 aliphatic rings. The third-order valence-corrected chi connectivity index (χ3v) is 1.96. The van der Waals surface area contributed by atoms with Gasteiger partial charge in [-0.1, -0.05) is 6.08 Å².